The second-order valence-electron chi connectivity index (χ2n) is 3.86. The zero-order valence-corrected chi connectivity index (χ0v) is 8.06. The lowest BCUT2D eigenvalue weighted by molar-refractivity contribution is 0.0406. The van der Waals surface area contributed by atoms with E-state index in [0.29, 0.717) is 6.54 Å². The van der Waals surface area contributed by atoms with Crippen LogP contribution in [0.4, 0.5) is 0 Å². The molecule has 1 aromatic rings. The Bertz CT molecular complexity index is 310. The van der Waals surface area contributed by atoms with Crippen molar-refractivity contribution in [3.63, 3.8) is 0 Å². The Labute approximate surface area is 77.8 Å². The van der Waals surface area contributed by atoms with Crippen LogP contribution >= 0.6 is 0 Å². The van der Waals surface area contributed by atoms with E-state index < -0.39 is 5.60 Å². The largest absolute Gasteiger partial charge is 0.382 e. The molecule has 72 valence electrons. The lowest BCUT2D eigenvalue weighted by Crippen LogP contribution is -2.31. The molecule has 0 amide bonds. The molecule has 4 nitrogen and oxygen atoms in total. The molecule has 1 N–H and O–H groups in total. The topological polar surface area (TPSA) is 41.3 Å². The van der Waals surface area contributed by atoms with Gasteiger partial charge in [-0.15, -0.1) is 0 Å². The molecule has 2 heterocycles. The molecule has 4 heteroatoms. The molecular formula is C9H15N3O. The Kier molecular flexibility index (Phi) is 1.89. The summed E-state index contributed by atoms with van der Waals surface area (Å²) in [6.45, 7) is 1.65. The Balaban J connectivity index is 2.30. The van der Waals surface area contributed by atoms with Crippen molar-refractivity contribution >= 4 is 0 Å². The number of hydrogen-bond acceptors (Lipinski definition) is 3. The normalized spacial score (nSPS) is 29.8. The molecule has 1 aliphatic heterocycles. The molecule has 1 aliphatic rings. The summed E-state index contributed by atoms with van der Waals surface area (Å²) in [5, 5.41) is 14.4. The molecule has 0 spiro atoms. The van der Waals surface area contributed by atoms with Crippen molar-refractivity contribution in [1.29, 1.82) is 0 Å². The predicted octanol–water partition coefficient (Wildman–Crippen LogP) is -0.0568. The number of likely N-dealkylation sites (N-methyl/N-ethyl adjacent to an activating group) is 1. The van der Waals surface area contributed by atoms with E-state index in [0.717, 1.165) is 18.7 Å². The van der Waals surface area contributed by atoms with Gasteiger partial charge in [-0.05, 0) is 19.5 Å². The van der Waals surface area contributed by atoms with Crippen LogP contribution in [0.3, 0.4) is 0 Å². The number of aliphatic hydroxyl groups is 1. The van der Waals surface area contributed by atoms with Gasteiger partial charge in [0.1, 0.15) is 5.60 Å². The molecule has 1 aromatic heterocycles. The zero-order chi connectivity index (χ0) is 9.47. The molecule has 1 fully saturated rings. The average molecular weight is 181 g/mol. The first-order valence-electron chi connectivity index (χ1n) is 4.51. The van der Waals surface area contributed by atoms with Crippen molar-refractivity contribution in [1.82, 2.24) is 14.7 Å². The van der Waals surface area contributed by atoms with Crippen LogP contribution in [0.1, 0.15) is 12.1 Å². The molecule has 0 aliphatic carbocycles. The second-order valence-corrected chi connectivity index (χ2v) is 3.86. The molecule has 0 aromatic carbocycles. The first-order chi connectivity index (χ1) is 6.12. The Morgan fingerprint density at radius 2 is 2.31 bits per heavy atom. The molecule has 1 saturated heterocycles. The lowest BCUT2D eigenvalue weighted by Gasteiger charge is -2.22. The first kappa shape index (κ1) is 8.72. The number of aromatic nitrogens is 2. The summed E-state index contributed by atoms with van der Waals surface area (Å²) >= 11 is 0. The maximum Gasteiger partial charge on any atom is 0.120 e. The second kappa shape index (κ2) is 2.82. The number of β-amino-alcohol motifs (C(OH)–C–C–N with tert-alkyl or cyclic N) is 1. The van der Waals surface area contributed by atoms with Crippen molar-refractivity contribution < 1.29 is 5.11 Å². The lowest BCUT2D eigenvalue weighted by atomic mass is 9.99. The van der Waals surface area contributed by atoms with E-state index in [2.05, 4.69) is 10.00 Å². The summed E-state index contributed by atoms with van der Waals surface area (Å²) in [6, 6.07) is 1.89. The summed E-state index contributed by atoms with van der Waals surface area (Å²) < 4.78 is 1.75. The smallest absolute Gasteiger partial charge is 0.120 e. The van der Waals surface area contributed by atoms with E-state index >= 15 is 0 Å². The summed E-state index contributed by atoms with van der Waals surface area (Å²) in [7, 11) is 3.89. The van der Waals surface area contributed by atoms with Crippen LogP contribution in [0, 0.1) is 0 Å². The van der Waals surface area contributed by atoms with Crippen LogP contribution in [-0.4, -0.2) is 39.9 Å². The van der Waals surface area contributed by atoms with Crippen LogP contribution in [0.25, 0.3) is 0 Å². The van der Waals surface area contributed by atoms with Gasteiger partial charge in [0.15, 0.2) is 0 Å². The van der Waals surface area contributed by atoms with Gasteiger partial charge in [0.05, 0.1) is 5.69 Å². The minimum absolute atomic E-state index is 0.694. The fourth-order valence-corrected chi connectivity index (χ4v) is 2.02. The minimum atomic E-state index is -0.694. The van der Waals surface area contributed by atoms with Gasteiger partial charge >= 0.3 is 0 Å². The first-order valence-corrected chi connectivity index (χ1v) is 4.51. The number of rotatable bonds is 1. The molecule has 13 heavy (non-hydrogen) atoms. The number of nitrogens with zero attached hydrogens (tertiary/aromatic N) is 3. The zero-order valence-electron chi connectivity index (χ0n) is 8.06. The third-order valence-corrected chi connectivity index (χ3v) is 2.74. The number of aryl methyl sites for hydroxylation is 1. The molecule has 0 bridgehead atoms. The highest BCUT2D eigenvalue weighted by molar-refractivity contribution is 5.14. The average Bonchev–Trinajstić information content (AvgIpc) is 2.59. The van der Waals surface area contributed by atoms with Gasteiger partial charge in [-0.25, -0.2) is 0 Å². The number of hydrogen-bond donors (Lipinski definition) is 1. The highest BCUT2D eigenvalue weighted by Gasteiger charge is 2.38. The van der Waals surface area contributed by atoms with Gasteiger partial charge in [0, 0.05) is 26.3 Å². The minimum Gasteiger partial charge on any atom is -0.382 e. The van der Waals surface area contributed by atoms with E-state index in [4.69, 9.17) is 0 Å². The Morgan fingerprint density at radius 3 is 2.77 bits per heavy atom. The quantitative estimate of drug-likeness (QED) is 0.660. The van der Waals surface area contributed by atoms with E-state index in [-0.39, 0.29) is 0 Å². The van der Waals surface area contributed by atoms with Crippen molar-refractivity contribution in [2.24, 2.45) is 7.05 Å². The van der Waals surface area contributed by atoms with Crippen molar-refractivity contribution in [3.05, 3.63) is 18.0 Å². The monoisotopic (exact) mass is 181 g/mol. The molecule has 1 unspecified atom stereocenters. The number of likely N-dealkylation sites (tertiary alicyclic amines) is 1. The third kappa shape index (κ3) is 1.36. The Hall–Kier alpha value is -0.870. The molecular weight excluding hydrogens is 166 g/mol. The van der Waals surface area contributed by atoms with Gasteiger partial charge < -0.3 is 10.0 Å². The highest BCUT2D eigenvalue weighted by atomic mass is 16.3. The maximum absolute atomic E-state index is 10.3. The van der Waals surface area contributed by atoms with E-state index in [1.165, 1.54) is 0 Å². The molecule has 2 rings (SSSR count). The molecule has 1 atom stereocenters. The highest BCUT2D eigenvalue weighted by Crippen LogP contribution is 2.30. The summed E-state index contributed by atoms with van der Waals surface area (Å²) in [6.07, 6.45) is 2.52. The molecule has 0 saturated carbocycles. The van der Waals surface area contributed by atoms with Gasteiger partial charge in [0.2, 0.25) is 0 Å². The van der Waals surface area contributed by atoms with E-state index in [1.54, 1.807) is 10.9 Å². The SMILES string of the molecule is CN1CCC(O)(c2ccnn2C)C1. The summed E-state index contributed by atoms with van der Waals surface area (Å²) in [5.74, 6) is 0. The van der Waals surface area contributed by atoms with Crippen molar-refractivity contribution in [3.8, 4) is 0 Å². The van der Waals surface area contributed by atoms with Crippen LogP contribution in [0.2, 0.25) is 0 Å². The maximum atomic E-state index is 10.3. The summed E-state index contributed by atoms with van der Waals surface area (Å²) in [5.41, 5.74) is 0.219. The molecule has 0 radical (unpaired) electrons. The standard InChI is InChI=1S/C9H15N3O/c1-11-6-4-9(13,7-11)8-3-5-10-12(8)2/h3,5,13H,4,6-7H2,1-2H3. The van der Waals surface area contributed by atoms with Crippen LogP contribution in [-0.2, 0) is 12.6 Å². The third-order valence-electron chi connectivity index (χ3n) is 2.74. The van der Waals surface area contributed by atoms with Gasteiger partial charge in [-0.1, -0.05) is 0 Å². The van der Waals surface area contributed by atoms with Gasteiger partial charge in [-0.2, -0.15) is 5.10 Å². The fraction of sp³-hybridized carbons (Fsp3) is 0.667. The van der Waals surface area contributed by atoms with Crippen LogP contribution in [0.5, 0.6) is 0 Å². The van der Waals surface area contributed by atoms with Crippen LogP contribution < -0.4 is 0 Å². The van der Waals surface area contributed by atoms with Crippen molar-refractivity contribution in [2.75, 3.05) is 20.1 Å². The van der Waals surface area contributed by atoms with Crippen LogP contribution in [0.15, 0.2) is 12.3 Å². The van der Waals surface area contributed by atoms with Crippen molar-refractivity contribution in [2.45, 2.75) is 12.0 Å². The Morgan fingerprint density at radius 1 is 1.54 bits per heavy atom. The van der Waals surface area contributed by atoms with E-state index in [9.17, 15) is 5.11 Å². The van der Waals surface area contributed by atoms with Gasteiger partial charge in [-0.3, -0.25) is 4.68 Å². The van der Waals surface area contributed by atoms with Gasteiger partial charge in [0.25, 0.3) is 0 Å². The summed E-state index contributed by atoms with van der Waals surface area (Å²) in [4.78, 5) is 2.13. The fourth-order valence-electron chi connectivity index (χ4n) is 2.02. The predicted molar refractivity (Wildman–Crippen MR) is 49.2 cm³/mol. The van der Waals surface area contributed by atoms with E-state index in [1.807, 2.05) is 20.2 Å².